The molecule has 0 atom stereocenters. The highest BCUT2D eigenvalue weighted by Crippen LogP contribution is 2.34. The Balaban J connectivity index is 1.81. The average Bonchev–Trinajstić information content (AvgIpc) is 3.06. The summed E-state index contributed by atoms with van der Waals surface area (Å²) in [5.41, 5.74) is 0.922. The van der Waals surface area contributed by atoms with Crippen LogP contribution in [-0.2, 0) is 6.18 Å². The largest absolute Gasteiger partial charge is 0.497 e. The molecule has 0 spiro atoms. The van der Waals surface area contributed by atoms with Crippen molar-refractivity contribution in [2.75, 3.05) is 12.4 Å². The Hall–Kier alpha value is -3.55. The molecule has 0 unspecified atom stereocenters. The van der Waals surface area contributed by atoms with Gasteiger partial charge in [-0.1, -0.05) is 6.07 Å². The monoisotopic (exact) mass is 384 g/mol. The van der Waals surface area contributed by atoms with Crippen molar-refractivity contribution in [3.63, 3.8) is 0 Å². The van der Waals surface area contributed by atoms with Gasteiger partial charge in [0, 0.05) is 23.6 Å². The van der Waals surface area contributed by atoms with Gasteiger partial charge in [-0.3, -0.25) is 4.40 Å². The Labute approximate surface area is 158 Å². The number of hydrogen-bond acceptors (Lipinski definition) is 4. The summed E-state index contributed by atoms with van der Waals surface area (Å²) in [6.45, 7) is 0. The SMILES string of the molecule is COc1ccc(-c2nc3ncccn3c2Nc2cccc(C(F)(F)F)c2)cc1. The lowest BCUT2D eigenvalue weighted by atomic mass is 10.1. The zero-order valence-electron chi connectivity index (χ0n) is 14.7. The van der Waals surface area contributed by atoms with E-state index in [9.17, 15) is 13.2 Å². The van der Waals surface area contributed by atoms with Gasteiger partial charge in [-0.05, 0) is 48.5 Å². The van der Waals surface area contributed by atoms with Gasteiger partial charge < -0.3 is 10.1 Å². The van der Waals surface area contributed by atoms with E-state index in [1.54, 1.807) is 48.2 Å². The number of halogens is 3. The van der Waals surface area contributed by atoms with Crippen LogP contribution in [0, 0.1) is 0 Å². The van der Waals surface area contributed by atoms with Gasteiger partial charge in [-0.25, -0.2) is 9.97 Å². The first kappa shape index (κ1) is 17.8. The average molecular weight is 384 g/mol. The smallest absolute Gasteiger partial charge is 0.416 e. The van der Waals surface area contributed by atoms with E-state index in [0.29, 0.717) is 28.7 Å². The third kappa shape index (κ3) is 3.36. The van der Waals surface area contributed by atoms with Crippen molar-refractivity contribution in [1.82, 2.24) is 14.4 Å². The van der Waals surface area contributed by atoms with Crippen LogP contribution in [0.25, 0.3) is 17.0 Å². The standard InChI is InChI=1S/C20H15F3N4O/c1-28-16-8-6-13(7-9-16)17-18(27-11-3-10-24-19(27)26-17)25-15-5-2-4-14(12-15)20(21,22)23/h2-12,25H,1H3. The van der Waals surface area contributed by atoms with Crippen LogP contribution in [0.5, 0.6) is 5.75 Å². The van der Waals surface area contributed by atoms with Crippen molar-refractivity contribution >= 4 is 17.3 Å². The summed E-state index contributed by atoms with van der Waals surface area (Å²) in [6.07, 6.45) is -1.07. The minimum Gasteiger partial charge on any atom is -0.497 e. The number of nitrogens with one attached hydrogen (secondary N) is 1. The van der Waals surface area contributed by atoms with Gasteiger partial charge in [0.05, 0.1) is 12.7 Å². The third-order valence-corrected chi connectivity index (χ3v) is 4.22. The molecule has 1 N–H and O–H groups in total. The molecule has 4 rings (SSSR count). The fourth-order valence-electron chi connectivity index (χ4n) is 2.87. The Bertz CT molecular complexity index is 1120. The lowest BCUT2D eigenvalue weighted by Gasteiger charge is -2.12. The van der Waals surface area contributed by atoms with Crippen LogP contribution in [0.2, 0.25) is 0 Å². The molecule has 0 saturated carbocycles. The van der Waals surface area contributed by atoms with Crippen molar-refractivity contribution in [2.45, 2.75) is 6.18 Å². The molecule has 0 saturated heterocycles. The molecule has 2 heterocycles. The molecule has 8 heteroatoms. The van der Waals surface area contributed by atoms with E-state index >= 15 is 0 Å². The molecular weight excluding hydrogens is 369 g/mol. The molecular formula is C20H15F3N4O. The summed E-state index contributed by atoms with van der Waals surface area (Å²) in [6, 6.07) is 14.0. The molecule has 0 amide bonds. The Morgan fingerprint density at radius 3 is 2.54 bits per heavy atom. The van der Waals surface area contributed by atoms with Crippen molar-refractivity contribution in [1.29, 1.82) is 0 Å². The Morgan fingerprint density at radius 2 is 1.82 bits per heavy atom. The number of aromatic nitrogens is 3. The fourth-order valence-corrected chi connectivity index (χ4v) is 2.87. The maximum atomic E-state index is 13.0. The third-order valence-electron chi connectivity index (χ3n) is 4.22. The lowest BCUT2D eigenvalue weighted by molar-refractivity contribution is -0.137. The van der Waals surface area contributed by atoms with Crippen molar-refractivity contribution in [2.24, 2.45) is 0 Å². The van der Waals surface area contributed by atoms with Crippen LogP contribution in [0.1, 0.15) is 5.56 Å². The highest BCUT2D eigenvalue weighted by Gasteiger charge is 2.30. The summed E-state index contributed by atoms with van der Waals surface area (Å²) in [7, 11) is 1.57. The molecule has 28 heavy (non-hydrogen) atoms. The minimum absolute atomic E-state index is 0.301. The summed E-state index contributed by atoms with van der Waals surface area (Å²) in [4.78, 5) is 8.76. The van der Waals surface area contributed by atoms with Gasteiger partial charge in [0.1, 0.15) is 17.3 Å². The van der Waals surface area contributed by atoms with Crippen molar-refractivity contribution < 1.29 is 17.9 Å². The number of hydrogen-bond donors (Lipinski definition) is 1. The molecule has 0 aliphatic carbocycles. The molecule has 2 aromatic heterocycles. The second-order valence-electron chi connectivity index (χ2n) is 6.03. The van der Waals surface area contributed by atoms with Gasteiger partial charge in [0.2, 0.25) is 5.78 Å². The Morgan fingerprint density at radius 1 is 1.04 bits per heavy atom. The van der Waals surface area contributed by atoms with E-state index in [-0.39, 0.29) is 0 Å². The van der Waals surface area contributed by atoms with E-state index in [1.807, 2.05) is 12.1 Å². The molecule has 5 nitrogen and oxygen atoms in total. The quantitative estimate of drug-likeness (QED) is 0.528. The maximum Gasteiger partial charge on any atom is 0.416 e. The molecule has 0 fully saturated rings. The van der Waals surface area contributed by atoms with Crippen LogP contribution in [-0.4, -0.2) is 21.5 Å². The van der Waals surface area contributed by atoms with Gasteiger partial charge >= 0.3 is 6.18 Å². The number of fused-ring (bicyclic) bond motifs is 1. The summed E-state index contributed by atoms with van der Waals surface area (Å²) in [5, 5.41) is 3.06. The number of imidazole rings is 1. The highest BCUT2D eigenvalue weighted by molar-refractivity contribution is 5.79. The van der Waals surface area contributed by atoms with Gasteiger partial charge in [-0.15, -0.1) is 0 Å². The first-order valence-corrected chi connectivity index (χ1v) is 8.37. The van der Waals surface area contributed by atoms with E-state index in [4.69, 9.17) is 4.74 Å². The zero-order valence-corrected chi connectivity index (χ0v) is 14.7. The number of benzene rings is 2. The second-order valence-corrected chi connectivity index (χ2v) is 6.03. The van der Waals surface area contributed by atoms with E-state index in [2.05, 4.69) is 15.3 Å². The van der Waals surface area contributed by atoms with Crippen LogP contribution >= 0.6 is 0 Å². The predicted molar refractivity (Wildman–Crippen MR) is 99.7 cm³/mol. The second kappa shape index (κ2) is 6.88. The molecule has 0 bridgehead atoms. The van der Waals surface area contributed by atoms with Crippen LogP contribution in [0.4, 0.5) is 24.7 Å². The van der Waals surface area contributed by atoms with Crippen molar-refractivity contribution in [3.8, 4) is 17.0 Å². The van der Waals surface area contributed by atoms with Crippen LogP contribution < -0.4 is 10.1 Å². The summed E-state index contributed by atoms with van der Waals surface area (Å²) < 4.78 is 46.0. The molecule has 4 aromatic rings. The zero-order chi connectivity index (χ0) is 19.7. The fraction of sp³-hybridized carbons (Fsp3) is 0.100. The first-order valence-electron chi connectivity index (χ1n) is 8.37. The number of nitrogens with zero attached hydrogens (tertiary/aromatic N) is 3. The molecule has 0 aliphatic rings. The topological polar surface area (TPSA) is 51.5 Å². The summed E-state index contributed by atoms with van der Waals surface area (Å²) >= 11 is 0. The van der Waals surface area contributed by atoms with E-state index in [1.165, 1.54) is 6.07 Å². The number of methoxy groups -OCH3 is 1. The highest BCUT2D eigenvalue weighted by atomic mass is 19.4. The molecule has 0 aliphatic heterocycles. The van der Waals surface area contributed by atoms with E-state index in [0.717, 1.165) is 17.7 Å². The normalized spacial score (nSPS) is 11.6. The van der Waals surface area contributed by atoms with Gasteiger partial charge in [0.25, 0.3) is 0 Å². The number of alkyl halides is 3. The van der Waals surface area contributed by atoms with Crippen LogP contribution in [0.3, 0.4) is 0 Å². The lowest BCUT2D eigenvalue weighted by Crippen LogP contribution is -2.05. The van der Waals surface area contributed by atoms with Crippen LogP contribution in [0.15, 0.2) is 67.0 Å². The first-order chi connectivity index (χ1) is 13.5. The molecule has 142 valence electrons. The predicted octanol–water partition coefficient (Wildman–Crippen LogP) is 5.17. The summed E-state index contributed by atoms with van der Waals surface area (Å²) in [5.74, 6) is 1.65. The maximum absolute atomic E-state index is 13.0. The number of anilines is 2. The molecule has 0 radical (unpaired) electrons. The number of rotatable bonds is 4. The van der Waals surface area contributed by atoms with Gasteiger partial charge in [0.15, 0.2) is 0 Å². The molecule has 2 aromatic carbocycles. The van der Waals surface area contributed by atoms with Crippen molar-refractivity contribution in [3.05, 3.63) is 72.6 Å². The Kier molecular flexibility index (Phi) is 4.38. The van der Waals surface area contributed by atoms with Gasteiger partial charge in [-0.2, -0.15) is 13.2 Å². The van der Waals surface area contributed by atoms with E-state index < -0.39 is 11.7 Å². The number of ether oxygens (including phenoxy) is 1. The minimum atomic E-state index is -4.42.